The predicted molar refractivity (Wildman–Crippen MR) is 75.8 cm³/mol. The Labute approximate surface area is 118 Å². The Morgan fingerprint density at radius 2 is 2.16 bits per heavy atom. The Bertz CT molecular complexity index is 416. The number of nitrogens with zero attached hydrogens (tertiary/aromatic N) is 2. The first-order chi connectivity index (χ1) is 8.91. The van der Waals surface area contributed by atoms with Gasteiger partial charge in [-0.1, -0.05) is 25.6 Å². The van der Waals surface area contributed by atoms with Crippen LogP contribution in [-0.4, -0.2) is 39.1 Å². The Morgan fingerprint density at radius 1 is 1.47 bits per heavy atom. The van der Waals surface area contributed by atoms with Crippen LogP contribution in [0.2, 0.25) is 0 Å². The van der Waals surface area contributed by atoms with E-state index >= 15 is 0 Å². The van der Waals surface area contributed by atoms with Crippen molar-refractivity contribution in [2.45, 2.75) is 51.4 Å². The molecule has 0 unspecified atom stereocenters. The molecule has 0 atom stereocenters. The van der Waals surface area contributed by atoms with E-state index in [2.05, 4.69) is 23.4 Å². The molecule has 0 spiro atoms. The first kappa shape index (κ1) is 16.0. The predicted octanol–water partition coefficient (Wildman–Crippen LogP) is 2.61. The molecule has 1 aromatic heterocycles. The van der Waals surface area contributed by atoms with E-state index in [0.717, 1.165) is 10.9 Å². The summed E-state index contributed by atoms with van der Waals surface area (Å²) in [6, 6.07) is 0. The Kier molecular flexibility index (Phi) is 6.37. The number of hydrogen-bond acceptors (Lipinski definition) is 4. The maximum atomic E-state index is 10.6. The molecular formula is C13H22N2O3S. The molecule has 5 nitrogen and oxygen atoms in total. The maximum absolute atomic E-state index is 10.6. The summed E-state index contributed by atoms with van der Waals surface area (Å²) in [6.07, 6.45) is 2.02. The summed E-state index contributed by atoms with van der Waals surface area (Å²) in [7, 11) is 0. The highest BCUT2D eigenvalue weighted by atomic mass is 32.2. The second kappa shape index (κ2) is 7.55. The molecule has 0 radical (unpaired) electrons. The van der Waals surface area contributed by atoms with Gasteiger partial charge < -0.3 is 14.4 Å². The van der Waals surface area contributed by atoms with E-state index in [1.54, 1.807) is 0 Å². The van der Waals surface area contributed by atoms with E-state index in [-0.39, 0.29) is 11.9 Å². The molecule has 1 rings (SSSR count). The van der Waals surface area contributed by atoms with Crippen LogP contribution < -0.4 is 0 Å². The number of carboxylic acids is 1. The lowest BCUT2D eigenvalue weighted by Crippen LogP contribution is -2.14. The molecule has 1 aromatic rings. The number of carbonyl (C=O) groups is 1. The van der Waals surface area contributed by atoms with Gasteiger partial charge in [0.15, 0.2) is 5.16 Å². The van der Waals surface area contributed by atoms with Crippen LogP contribution in [0.4, 0.5) is 0 Å². The quantitative estimate of drug-likeness (QED) is 0.744. The van der Waals surface area contributed by atoms with Gasteiger partial charge in [0, 0.05) is 18.4 Å². The van der Waals surface area contributed by atoms with Crippen LogP contribution in [-0.2, 0) is 16.1 Å². The van der Waals surface area contributed by atoms with Gasteiger partial charge in [-0.25, -0.2) is 4.98 Å². The summed E-state index contributed by atoms with van der Waals surface area (Å²) >= 11 is 1.25. The van der Waals surface area contributed by atoms with Gasteiger partial charge in [0.1, 0.15) is 0 Å². The number of rotatable bonds is 8. The minimum Gasteiger partial charge on any atom is -0.481 e. The van der Waals surface area contributed by atoms with Crippen LogP contribution in [0, 0.1) is 0 Å². The molecule has 0 aromatic carbocycles. The molecule has 0 aliphatic rings. The number of aromatic nitrogens is 2. The molecular weight excluding hydrogens is 264 g/mol. The van der Waals surface area contributed by atoms with Gasteiger partial charge in [0.2, 0.25) is 0 Å². The van der Waals surface area contributed by atoms with Crippen LogP contribution in [0.15, 0.2) is 11.4 Å². The fourth-order valence-electron chi connectivity index (χ4n) is 1.68. The van der Waals surface area contributed by atoms with Crippen LogP contribution in [0.5, 0.6) is 0 Å². The molecule has 0 saturated heterocycles. The number of aliphatic carboxylic acids is 1. The van der Waals surface area contributed by atoms with E-state index in [1.807, 2.05) is 20.0 Å². The zero-order valence-electron chi connectivity index (χ0n) is 11.9. The SMILES string of the molecule is CC(C)OCCn1c(C(C)C)cnc1SCC(=O)O. The van der Waals surface area contributed by atoms with Gasteiger partial charge in [0.05, 0.1) is 18.5 Å². The van der Waals surface area contributed by atoms with Gasteiger partial charge in [-0.3, -0.25) is 4.79 Å². The molecule has 19 heavy (non-hydrogen) atoms. The molecule has 0 aliphatic carbocycles. The molecule has 0 fully saturated rings. The highest BCUT2D eigenvalue weighted by Gasteiger charge is 2.14. The fourth-order valence-corrected chi connectivity index (χ4v) is 2.41. The van der Waals surface area contributed by atoms with Crippen molar-refractivity contribution in [2.75, 3.05) is 12.4 Å². The third-order valence-electron chi connectivity index (χ3n) is 2.53. The zero-order valence-corrected chi connectivity index (χ0v) is 12.7. The first-order valence-electron chi connectivity index (χ1n) is 6.43. The number of thioether (sulfide) groups is 1. The molecule has 108 valence electrons. The van der Waals surface area contributed by atoms with E-state index in [9.17, 15) is 4.79 Å². The third kappa shape index (κ3) is 5.24. The van der Waals surface area contributed by atoms with Crippen molar-refractivity contribution in [1.82, 2.24) is 9.55 Å². The summed E-state index contributed by atoms with van der Waals surface area (Å²) in [5, 5.41) is 9.50. The molecule has 1 heterocycles. The Morgan fingerprint density at radius 3 is 2.68 bits per heavy atom. The molecule has 0 saturated carbocycles. The number of ether oxygens (including phenoxy) is 1. The van der Waals surface area contributed by atoms with E-state index in [1.165, 1.54) is 11.8 Å². The van der Waals surface area contributed by atoms with Crippen molar-refractivity contribution in [3.05, 3.63) is 11.9 Å². The van der Waals surface area contributed by atoms with Crippen molar-refractivity contribution in [1.29, 1.82) is 0 Å². The highest BCUT2D eigenvalue weighted by molar-refractivity contribution is 7.99. The summed E-state index contributed by atoms with van der Waals surface area (Å²) < 4.78 is 7.61. The third-order valence-corrected chi connectivity index (χ3v) is 3.51. The van der Waals surface area contributed by atoms with Crippen LogP contribution in [0.25, 0.3) is 0 Å². The monoisotopic (exact) mass is 286 g/mol. The molecule has 0 aliphatic heterocycles. The van der Waals surface area contributed by atoms with Gasteiger partial charge in [0.25, 0.3) is 0 Å². The minimum atomic E-state index is -0.830. The molecule has 1 N–H and O–H groups in total. The minimum absolute atomic E-state index is 0.0274. The first-order valence-corrected chi connectivity index (χ1v) is 7.42. The van der Waals surface area contributed by atoms with Crippen molar-refractivity contribution in [2.24, 2.45) is 0 Å². The molecule has 0 bridgehead atoms. The lowest BCUT2D eigenvalue weighted by molar-refractivity contribution is -0.133. The van der Waals surface area contributed by atoms with Gasteiger partial charge in [-0.05, 0) is 19.8 Å². The average Bonchev–Trinajstić information content (AvgIpc) is 2.69. The second-order valence-electron chi connectivity index (χ2n) is 4.87. The molecule has 6 heteroatoms. The summed E-state index contributed by atoms with van der Waals surface area (Å²) in [5.41, 5.74) is 1.11. The standard InChI is InChI=1S/C13H22N2O3S/c1-9(2)11-7-14-13(19-8-12(16)17)15(11)5-6-18-10(3)4/h7,9-10H,5-6,8H2,1-4H3,(H,16,17). The van der Waals surface area contributed by atoms with Crippen LogP contribution in [0.1, 0.15) is 39.3 Å². The number of carboxylic acid groups (broad SMARTS) is 1. The zero-order chi connectivity index (χ0) is 14.4. The second-order valence-corrected chi connectivity index (χ2v) is 5.82. The lowest BCUT2D eigenvalue weighted by Gasteiger charge is -2.14. The summed E-state index contributed by atoms with van der Waals surface area (Å²) in [6.45, 7) is 9.50. The van der Waals surface area contributed by atoms with Crippen molar-refractivity contribution in [3.8, 4) is 0 Å². The van der Waals surface area contributed by atoms with Crippen molar-refractivity contribution < 1.29 is 14.6 Å². The Hall–Kier alpha value is -1.01. The van der Waals surface area contributed by atoms with Gasteiger partial charge >= 0.3 is 5.97 Å². The van der Waals surface area contributed by atoms with Crippen LogP contribution in [0.3, 0.4) is 0 Å². The van der Waals surface area contributed by atoms with Gasteiger partial charge in [-0.2, -0.15) is 0 Å². The summed E-state index contributed by atoms with van der Waals surface area (Å²) in [5.74, 6) is -0.450. The number of imidazole rings is 1. The van der Waals surface area contributed by atoms with E-state index < -0.39 is 5.97 Å². The summed E-state index contributed by atoms with van der Waals surface area (Å²) in [4.78, 5) is 15.0. The maximum Gasteiger partial charge on any atom is 0.313 e. The highest BCUT2D eigenvalue weighted by Crippen LogP contribution is 2.23. The largest absolute Gasteiger partial charge is 0.481 e. The fraction of sp³-hybridized carbons (Fsp3) is 0.692. The van der Waals surface area contributed by atoms with E-state index in [0.29, 0.717) is 19.1 Å². The normalized spacial score (nSPS) is 11.5. The number of hydrogen-bond donors (Lipinski definition) is 1. The lowest BCUT2D eigenvalue weighted by atomic mass is 10.1. The average molecular weight is 286 g/mol. The van der Waals surface area contributed by atoms with Crippen LogP contribution >= 0.6 is 11.8 Å². The van der Waals surface area contributed by atoms with Gasteiger partial charge in [-0.15, -0.1) is 0 Å². The smallest absolute Gasteiger partial charge is 0.313 e. The van der Waals surface area contributed by atoms with E-state index in [4.69, 9.17) is 9.84 Å². The van der Waals surface area contributed by atoms with Crippen molar-refractivity contribution in [3.63, 3.8) is 0 Å². The molecule has 0 amide bonds. The topological polar surface area (TPSA) is 64.4 Å². The Balaban J connectivity index is 2.76. The van der Waals surface area contributed by atoms with Crippen molar-refractivity contribution >= 4 is 17.7 Å².